The SMILES string of the molecule is C=CCNC(=O)c1ccccc1NC(=O)c1ccc(N(Cc2ccccc2Cl)S(C)(=O)=O)cc1. The third-order valence-corrected chi connectivity index (χ3v) is 6.43. The zero-order chi connectivity index (χ0) is 24.7. The lowest BCUT2D eigenvalue weighted by Crippen LogP contribution is -2.29. The molecule has 0 radical (unpaired) electrons. The highest BCUT2D eigenvalue weighted by Gasteiger charge is 2.20. The number of halogens is 1. The van der Waals surface area contributed by atoms with E-state index in [1.165, 1.54) is 16.4 Å². The summed E-state index contributed by atoms with van der Waals surface area (Å²) in [5, 5.41) is 5.88. The molecule has 0 aliphatic carbocycles. The first-order chi connectivity index (χ1) is 16.2. The molecule has 0 aliphatic heterocycles. The van der Waals surface area contributed by atoms with Crippen molar-refractivity contribution in [3.8, 4) is 0 Å². The van der Waals surface area contributed by atoms with Crippen LogP contribution < -0.4 is 14.9 Å². The molecule has 176 valence electrons. The Morgan fingerprint density at radius 1 is 0.971 bits per heavy atom. The van der Waals surface area contributed by atoms with Crippen molar-refractivity contribution in [3.63, 3.8) is 0 Å². The molecule has 3 aromatic carbocycles. The summed E-state index contributed by atoms with van der Waals surface area (Å²) in [6, 6.07) is 19.8. The molecule has 0 saturated carbocycles. The van der Waals surface area contributed by atoms with Crippen LogP contribution in [0, 0.1) is 0 Å². The van der Waals surface area contributed by atoms with Crippen molar-refractivity contribution >= 4 is 44.8 Å². The molecule has 0 aromatic heterocycles. The third kappa shape index (κ3) is 6.24. The zero-order valence-corrected chi connectivity index (χ0v) is 20.1. The first-order valence-electron chi connectivity index (χ1n) is 10.3. The molecular weight excluding hydrogens is 474 g/mol. The fourth-order valence-corrected chi connectivity index (χ4v) is 4.28. The first kappa shape index (κ1) is 25.0. The van der Waals surface area contributed by atoms with Gasteiger partial charge in [-0.15, -0.1) is 6.58 Å². The lowest BCUT2D eigenvalue weighted by molar-refractivity contribution is 0.0959. The number of amides is 2. The van der Waals surface area contributed by atoms with Crippen molar-refractivity contribution in [1.82, 2.24) is 5.32 Å². The number of nitrogens with zero attached hydrogens (tertiary/aromatic N) is 1. The minimum Gasteiger partial charge on any atom is -0.349 e. The third-order valence-electron chi connectivity index (χ3n) is 4.92. The number of benzene rings is 3. The molecule has 0 saturated heterocycles. The number of hydrogen-bond acceptors (Lipinski definition) is 4. The summed E-state index contributed by atoms with van der Waals surface area (Å²) in [6.07, 6.45) is 2.67. The van der Waals surface area contributed by atoms with Gasteiger partial charge >= 0.3 is 0 Å². The van der Waals surface area contributed by atoms with Crippen LogP contribution in [0.2, 0.25) is 5.02 Å². The van der Waals surface area contributed by atoms with Gasteiger partial charge in [-0.05, 0) is 48.0 Å². The summed E-state index contributed by atoms with van der Waals surface area (Å²) in [6.45, 7) is 3.92. The number of carbonyl (C=O) groups excluding carboxylic acids is 2. The van der Waals surface area contributed by atoms with Crippen LogP contribution in [-0.4, -0.2) is 33.0 Å². The van der Waals surface area contributed by atoms with Crippen molar-refractivity contribution in [2.24, 2.45) is 0 Å². The Morgan fingerprint density at radius 3 is 2.26 bits per heavy atom. The fraction of sp³-hybridized carbons (Fsp3) is 0.120. The van der Waals surface area contributed by atoms with Gasteiger partial charge in [0.2, 0.25) is 10.0 Å². The van der Waals surface area contributed by atoms with Crippen LogP contribution in [0.1, 0.15) is 26.3 Å². The molecule has 0 unspecified atom stereocenters. The quantitative estimate of drug-likeness (QED) is 0.426. The molecule has 2 amide bonds. The van der Waals surface area contributed by atoms with E-state index in [1.807, 2.05) is 0 Å². The fourth-order valence-electron chi connectivity index (χ4n) is 3.21. The van der Waals surface area contributed by atoms with Gasteiger partial charge in [0.15, 0.2) is 0 Å². The molecular formula is C25H24ClN3O4S. The second-order valence-electron chi connectivity index (χ2n) is 7.41. The molecule has 2 N–H and O–H groups in total. The molecule has 0 bridgehead atoms. The van der Waals surface area contributed by atoms with E-state index >= 15 is 0 Å². The average molecular weight is 498 g/mol. The number of anilines is 2. The van der Waals surface area contributed by atoms with Gasteiger partial charge in [0, 0.05) is 17.1 Å². The van der Waals surface area contributed by atoms with E-state index in [0.717, 1.165) is 6.26 Å². The zero-order valence-electron chi connectivity index (χ0n) is 18.5. The Labute approximate surface area is 204 Å². The summed E-state index contributed by atoms with van der Waals surface area (Å²) >= 11 is 6.20. The molecule has 7 nitrogen and oxygen atoms in total. The highest BCUT2D eigenvalue weighted by Crippen LogP contribution is 2.25. The number of para-hydroxylation sites is 1. The Morgan fingerprint density at radius 2 is 1.62 bits per heavy atom. The second-order valence-corrected chi connectivity index (χ2v) is 9.72. The summed E-state index contributed by atoms with van der Waals surface area (Å²) in [4.78, 5) is 25.2. The predicted molar refractivity (Wildman–Crippen MR) is 136 cm³/mol. The average Bonchev–Trinajstić information content (AvgIpc) is 2.81. The van der Waals surface area contributed by atoms with Crippen LogP contribution in [0.25, 0.3) is 0 Å². The number of rotatable bonds is 9. The first-order valence-corrected chi connectivity index (χ1v) is 12.5. The van der Waals surface area contributed by atoms with Crippen molar-refractivity contribution in [2.75, 3.05) is 22.4 Å². The summed E-state index contributed by atoms with van der Waals surface area (Å²) in [7, 11) is -3.61. The molecule has 0 heterocycles. The van der Waals surface area contributed by atoms with Crippen LogP contribution >= 0.6 is 11.6 Å². The van der Waals surface area contributed by atoms with E-state index in [2.05, 4.69) is 17.2 Å². The number of carbonyl (C=O) groups is 2. The molecule has 34 heavy (non-hydrogen) atoms. The van der Waals surface area contributed by atoms with Gasteiger partial charge in [-0.25, -0.2) is 8.42 Å². The Hall–Kier alpha value is -3.62. The van der Waals surface area contributed by atoms with E-state index < -0.39 is 15.9 Å². The van der Waals surface area contributed by atoms with Gasteiger partial charge in [0.05, 0.1) is 29.7 Å². The Balaban J connectivity index is 1.81. The van der Waals surface area contributed by atoms with Crippen LogP contribution in [0.15, 0.2) is 85.5 Å². The van der Waals surface area contributed by atoms with E-state index in [4.69, 9.17) is 11.6 Å². The molecule has 0 aliphatic rings. The monoisotopic (exact) mass is 497 g/mol. The lowest BCUT2D eigenvalue weighted by Gasteiger charge is -2.23. The maximum Gasteiger partial charge on any atom is 0.255 e. The predicted octanol–water partition coefficient (Wildman–Crippen LogP) is 4.47. The van der Waals surface area contributed by atoms with Crippen LogP contribution in [-0.2, 0) is 16.6 Å². The maximum absolute atomic E-state index is 12.8. The van der Waals surface area contributed by atoms with Crippen molar-refractivity contribution < 1.29 is 18.0 Å². The topological polar surface area (TPSA) is 95.6 Å². The smallest absolute Gasteiger partial charge is 0.255 e. The van der Waals surface area contributed by atoms with Crippen LogP contribution in [0.5, 0.6) is 0 Å². The minimum absolute atomic E-state index is 0.0528. The Kier molecular flexibility index (Phi) is 8.09. The normalized spacial score (nSPS) is 10.9. The van der Waals surface area contributed by atoms with E-state index in [-0.39, 0.29) is 12.5 Å². The van der Waals surface area contributed by atoms with Crippen molar-refractivity contribution in [1.29, 1.82) is 0 Å². The highest BCUT2D eigenvalue weighted by atomic mass is 35.5. The molecule has 0 spiro atoms. The summed E-state index contributed by atoms with van der Waals surface area (Å²) in [5.74, 6) is -0.776. The van der Waals surface area contributed by atoms with Gasteiger partial charge in [-0.1, -0.05) is 48.0 Å². The molecule has 0 fully saturated rings. The second kappa shape index (κ2) is 11.0. The molecule has 9 heteroatoms. The Bertz CT molecular complexity index is 1310. The standard InChI is InChI=1S/C25H24ClN3O4S/c1-3-16-27-25(31)21-9-5-7-11-23(21)28-24(30)18-12-14-20(15-13-18)29(34(2,32)33)17-19-8-4-6-10-22(19)26/h3-15H,1,16-17H2,2H3,(H,27,31)(H,28,30). The van der Waals surface area contributed by atoms with Crippen molar-refractivity contribution in [3.05, 3.63) is 107 Å². The summed E-state index contributed by atoms with van der Waals surface area (Å²) in [5.41, 5.74) is 2.02. The number of sulfonamides is 1. The van der Waals surface area contributed by atoms with Gasteiger partial charge in [-0.3, -0.25) is 13.9 Å². The summed E-state index contributed by atoms with van der Waals surface area (Å²) < 4.78 is 26.1. The van der Waals surface area contributed by atoms with Gasteiger partial charge < -0.3 is 10.6 Å². The maximum atomic E-state index is 12.8. The van der Waals surface area contributed by atoms with Crippen LogP contribution in [0.4, 0.5) is 11.4 Å². The van der Waals surface area contributed by atoms with E-state index in [0.29, 0.717) is 39.6 Å². The molecule has 3 aromatic rings. The highest BCUT2D eigenvalue weighted by molar-refractivity contribution is 7.92. The van der Waals surface area contributed by atoms with Gasteiger partial charge in [-0.2, -0.15) is 0 Å². The largest absolute Gasteiger partial charge is 0.349 e. The molecule has 3 rings (SSSR count). The van der Waals surface area contributed by atoms with E-state index in [9.17, 15) is 18.0 Å². The van der Waals surface area contributed by atoms with Crippen LogP contribution in [0.3, 0.4) is 0 Å². The van der Waals surface area contributed by atoms with E-state index in [1.54, 1.807) is 66.7 Å². The minimum atomic E-state index is -3.61. The van der Waals surface area contributed by atoms with Crippen molar-refractivity contribution in [2.45, 2.75) is 6.54 Å². The number of nitrogens with one attached hydrogen (secondary N) is 2. The number of hydrogen-bond donors (Lipinski definition) is 2. The van der Waals surface area contributed by atoms with Gasteiger partial charge in [0.1, 0.15) is 0 Å². The molecule has 0 atom stereocenters. The van der Waals surface area contributed by atoms with Gasteiger partial charge in [0.25, 0.3) is 11.8 Å². The lowest BCUT2D eigenvalue weighted by atomic mass is 10.1.